The average molecular weight is 463 g/mol. The molecule has 2 heterocycles. The summed E-state index contributed by atoms with van der Waals surface area (Å²) in [5.74, 6) is -0.209. The first kappa shape index (κ1) is 22.1. The molecule has 2 fully saturated rings. The second-order valence-corrected chi connectivity index (χ2v) is 9.15. The van der Waals surface area contributed by atoms with Crippen molar-refractivity contribution in [2.24, 2.45) is 0 Å². The van der Waals surface area contributed by atoms with Gasteiger partial charge in [-0.25, -0.2) is 4.39 Å². The van der Waals surface area contributed by atoms with Crippen LogP contribution in [0.1, 0.15) is 33.6 Å². The molecule has 1 atom stereocenters. The summed E-state index contributed by atoms with van der Waals surface area (Å²) in [6, 6.07) is 11.6. The number of hydrogen-bond acceptors (Lipinski definition) is 4. The van der Waals surface area contributed by atoms with Gasteiger partial charge in [0.15, 0.2) is 0 Å². The number of benzene rings is 2. The Morgan fingerprint density at radius 1 is 1.03 bits per heavy atom. The van der Waals surface area contributed by atoms with Crippen LogP contribution >= 0.6 is 23.4 Å². The average Bonchev–Trinajstić information content (AvgIpc) is 3.32. The molecule has 0 radical (unpaired) electrons. The molecular weight excluding hydrogens is 439 g/mol. The van der Waals surface area contributed by atoms with Gasteiger partial charge in [0.25, 0.3) is 11.8 Å². The minimum Gasteiger partial charge on any atom is -0.377 e. The largest absolute Gasteiger partial charge is 0.377 e. The first-order valence-corrected chi connectivity index (χ1v) is 11.8. The summed E-state index contributed by atoms with van der Waals surface area (Å²) in [5, 5.41) is 0.315. The standard InChI is InChI=1S/C23H24ClFN2O3S/c24-16-7-8-20(25)19(14-16)23(29)27-11-9-26(10-12-27)22(28)18-5-1-2-6-21(18)31-15-17-4-3-13-30-17/h1-2,5-8,14,17H,3-4,9-13,15H2. The first-order valence-electron chi connectivity index (χ1n) is 10.4. The van der Waals surface area contributed by atoms with Crippen molar-refractivity contribution < 1.29 is 18.7 Å². The van der Waals surface area contributed by atoms with Crippen molar-refractivity contribution >= 4 is 35.2 Å². The van der Waals surface area contributed by atoms with Gasteiger partial charge in [-0.1, -0.05) is 23.7 Å². The van der Waals surface area contributed by atoms with Gasteiger partial charge >= 0.3 is 0 Å². The minimum atomic E-state index is -0.592. The molecule has 0 N–H and O–H groups in total. The zero-order valence-corrected chi connectivity index (χ0v) is 18.6. The van der Waals surface area contributed by atoms with E-state index in [0.717, 1.165) is 30.1 Å². The number of ether oxygens (including phenoxy) is 1. The number of halogens is 2. The number of nitrogens with zero attached hydrogens (tertiary/aromatic N) is 2. The predicted molar refractivity (Wildman–Crippen MR) is 119 cm³/mol. The highest BCUT2D eigenvalue weighted by Crippen LogP contribution is 2.28. The van der Waals surface area contributed by atoms with Crippen molar-refractivity contribution in [3.63, 3.8) is 0 Å². The molecule has 0 aliphatic carbocycles. The summed E-state index contributed by atoms with van der Waals surface area (Å²) in [4.78, 5) is 30.1. The molecule has 2 amide bonds. The van der Waals surface area contributed by atoms with Crippen molar-refractivity contribution in [2.75, 3.05) is 38.5 Å². The number of carbonyl (C=O) groups excluding carboxylic acids is 2. The molecular formula is C23H24ClFN2O3S. The Bertz CT molecular complexity index is 960. The maximum Gasteiger partial charge on any atom is 0.257 e. The van der Waals surface area contributed by atoms with E-state index >= 15 is 0 Å². The molecule has 31 heavy (non-hydrogen) atoms. The van der Waals surface area contributed by atoms with Crippen molar-refractivity contribution in [2.45, 2.75) is 23.8 Å². The third-order valence-electron chi connectivity index (χ3n) is 5.58. The van der Waals surface area contributed by atoms with E-state index in [-0.39, 0.29) is 17.6 Å². The van der Waals surface area contributed by atoms with Gasteiger partial charge in [-0.3, -0.25) is 9.59 Å². The molecule has 1 unspecified atom stereocenters. The predicted octanol–water partition coefficient (Wildman–Crippen LogP) is 4.35. The number of piperazine rings is 1. The van der Waals surface area contributed by atoms with Crippen LogP contribution in [0.3, 0.4) is 0 Å². The number of amides is 2. The fraction of sp³-hybridized carbons (Fsp3) is 0.391. The van der Waals surface area contributed by atoms with E-state index in [0.29, 0.717) is 36.8 Å². The molecule has 8 heteroatoms. The highest BCUT2D eigenvalue weighted by Gasteiger charge is 2.28. The highest BCUT2D eigenvalue weighted by atomic mass is 35.5. The molecule has 2 aromatic carbocycles. The first-order chi connectivity index (χ1) is 15.0. The maximum absolute atomic E-state index is 14.0. The van der Waals surface area contributed by atoms with Crippen molar-refractivity contribution in [1.29, 1.82) is 0 Å². The van der Waals surface area contributed by atoms with Crippen molar-refractivity contribution in [1.82, 2.24) is 9.80 Å². The van der Waals surface area contributed by atoms with Gasteiger partial charge < -0.3 is 14.5 Å². The second kappa shape index (κ2) is 10.0. The van der Waals surface area contributed by atoms with E-state index in [1.54, 1.807) is 21.6 Å². The number of rotatable bonds is 5. The third-order valence-corrected chi connectivity index (χ3v) is 7.02. The molecule has 0 aromatic heterocycles. The lowest BCUT2D eigenvalue weighted by atomic mass is 10.1. The Labute approximate surface area is 190 Å². The van der Waals surface area contributed by atoms with Gasteiger partial charge in [-0.2, -0.15) is 0 Å². The van der Waals surface area contributed by atoms with E-state index < -0.39 is 11.7 Å². The highest BCUT2D eigenvalue weighted by molar-refractivity contribution is 7.99. The molecule has 0 saturated carbocycles. The summed E-state index contributed by atoms with van der Waals surface area (Å²) in [5.41, 5.74) is 0.634. The van der Waals surface area contributed by atoms with Gasteiger partial charge in [-0.05, 0) is 43.2 Å². The summed E-state index contributed by atoms with van der Waals surface area (Å²) < 4.78 is 19.7. The van der Waals surface area contributed by atoms with Gasteiger partial charge in [-0.15, -0.1) is 11.8 Å². The van der Waals surface area contributed by atoms with E-state index in [1.165, 1.54) is 18.2 Å². The molecule has 2 aliphatic rings. The Morgan fingerprint density at radius 2 is 1.71 bits per heavy atom. The van der Waals surface area contributed by atoms with Crippen LogP contribution in [0.4, 0.5) is 4.39 Å². The summed E-state index contributed by atoms with van der Waals surface area (Å²) in [6.07, 6.45) is 2.40. The lowest BCUT2D eigenvalue weighted by molar-refractivity contribution is 0.0531. The van der Waals surface area contributed by atoms with Crippen LogP contribution in [0.25, 0.3) is 0 Å². The molecule has 5 nitrogen and oxygen atoms in total. The molecule has 4 rings (SSSR count). The smallest absolute Gasteiger partial charge is 0.257 e. The monoisotopic (exact) mass is 462 g/mol. The second-order valence-electron chi connectivity index (χ2n) is 7.65. The lowest BCUT2D eigenvalue weighted by Gasteiger charge is -2.35. The van der Waals surface area contributed by atoms with Crippen LogP contribution in [0, 0.1) is 5.82 Å². The van der Waals surface area contributed by atoms with Gasteiger partial charge in [0, 0.05) is 48.5 Å². The van der Waals surface area contributed by atoms with Crippen LogP contribution in [0.2, 0.25) is 5.02 Å². The summed E-state index contributed by atoms with van der Waals surface area (Å²) in [7, 11) is 0. The van der Waals surface area contributed by atoms with Crippen LogP contribution in [-0.4, -0.2) is 66.3 Å². The quantitative estimate of drug-likeness (QED) is 0.620. The molecule has 0 spiro atoms. The van der Waals surface area contributed by atoms with E-state index in [1.807, 2.05) is 24.3 Å². The zero-order valence-electron chi connectivity index (χ0n) is 17.1. The molecule has 2 aromatic rings. The normalized spacial score (nSPS) is 19.0. The Kier molecular flexibility index (Phi) is 7.15. The van der Waals surface area contributed by atoms with Crippen LogP contribution in [-0.2, 0) is 4.74 Å². The Morgan fingerprint density at radius 3 is 2.39 bits per heavy atom. The van der Waals surface area contributed by atoms with Crippen LogP contribution in [0.15, 0.2) is 47.4 Å². The van der Waals surface area contributed by atoms with Gasteiger partial charge in [0.05, 0.1) is 17.2 Å². The minimum absolute atomic E-state index is 0.0387. The maximum atomic E-state index is 14.0. The summed E-state index contributed by atoms with van der Waals surface area (Å²) in [6.45, 7) is 2.31. The molecule has 0 bridgehead atoms. The SMILES string of the molecule is O=C(c1cc(Cl)ccc1F)N1CCN(C(=O)c2ccccc2SCC2CCCO2)CC1. The van der Waals surface area contributed by atoms with Crippen LogP contribution in [0.5, 0.6) is 0 Å². The molecule has 2 saturated heterocycles. The van der Waals surface area contributed by atoms with E-state index in [9.17, 15) is 14.0 Å². The van der Waals surface area contributed by atoms with Crippen LogP contribution < -0.4 is 0 Å². The van der Waals surface area contributed by atoms with Crippen molar-refractivity contribution in [3.05, 3.63) is 64.4 Å². The number of carbonyl (C=O) groups is 2. The molecule has 164 valence electrons. The summed E-state index contributed by atoms with van der Waals surface area (Å²) >= 11 is 7.57. The Balaban J connectivity index is 1.38. The fourth-order valence-corrected chi connectivity index (χ4v) is 5.13. The molecule has 2 aliphatic heterocycles. The van der Waals surface area contributed by atoms with Crippen molar-refractivity contribution in [3.8, 4) is 0 Å². The lowest BCUT2D eigenvalue weighted by Crippen LogP contribution is -2.50. The Hall–Kier alpha value is -2.09. The zero-order chi connectivity index (χ0) is 21.8. The topological polar surface area (TPSA) is 49.9 Å². The third kappa shape index (κ3) is 5.22. The number of thioether (sulfide) groups is 1. The van der Waals surface area contributed by atoms with E-state index in [2.05, 4.69) is 0 Å². The fourth-order valence-electron chi connectivity index (χ4n) is 3.84. The van der Waals surface area contributed by atoms with Gasteiger partial charge in [0.2, 0.25) is 0 Å². The van der Waals surface area contributed by atoms with Gasteiger partial charge in [0.1, 0.15) is 5.82 Å². The van der Waals surface area contributed by atoms with E-state index in [4.69, 9.17) is 16.3 Å². The number of hydrogen-bond donors (Lipinski definition) is 0.